The average molecular weight is 395 g/mol. The standard InChI is InChI=1S/C20H34N4O2S/c1-17(2)19-16-24(11-15-27-19)20(21-6-5-18-4-3-12-26-18)22-7-8-23-9-13-25-14-10-23/h3-4,12,17,19H,5-11,13-16H2,1-2H3,(H,21,22). The zero-order valence-electron chi connectivity index (χ0n) is 16.7. The number of morpholine rings is 1. The summed E-state index contributed by atoms with van der Waals surface area (Å²) in [6.45, 7) is 13.2. The van der Waals surface area contributed by atoms with Crippen LogP contribution in [0.3, 0.4) is 0 Å². The molecule has 1 aromatic heterocycles. The van der Waals surface area contributed by atoms with Crippen molar-refractivity contribution in [1.29, 1.82) is 0 Å². The number of aliphatic imine (C=N–C) groups is 1. The second-order valence-electron chi connectivity index (χ2n) is 7.51. The number of thioether (sulfide) groups is 1. The number of nitrogens with one attached hydrogen (secondary N) is 1. The molecule has 0 spiro atoms. The summed E-state index contributed by atoms with van der Waals surface area (Å²) in [6, 6.07) is 3.98. The molecule has 0 aromatic carbocycles. The molecule has 2 fully saturated rings. The number of ether oxygens (including phenoxy) is 1. The van der Waals surface area contributed by atoms with Crippen molar-refractivity contribution in [3.05, 3.63) is 24.2 Å². The summed E-state index contributed by atoms with van der Waals surface area (Å²) < 4.78 is 10.9. The number of hydrogen-bond acceptors (Lipinski definition) is 5. The van der Waals surface area contributed by atoms with Crippen LogP contribution in [0.15, 0.2) is 27.8 Å². The smallest absolute Gasteiger partial charge is 0.194 e. The van der Waals surface area contributed by atoms with Gasteiger partial charge in [-0.05, 0) is 18.1 Å². The molecule has 3 heterocycles. The van der Waals surface area contributed by atoms with Crippen molar-refractivity contribution in [3.8, 4) is 0 Å². The van der Waals surface area contributed by atoms with Gasteiger partial charge < -0.3 is 19.4 Å². The van der Waals surface area contributed by atoms with Gasteiger partial charge in [0.2, 0.25) is 0 Å². The van der Waals surface area contributed by atoms with Crippen LogP contribution >= 0.6 is 11.8 Å². The Balaban J connectivity index is 1.55. The van der Waals surface area contributed by atoms with Crippen molar-refractivity contribution in [3.63, 3.8) is 0 Å². The lowest BCUT2D eigenvalue weighted by atomic mass is 10.1. The molecule has 2 saturated heterocycles. The van der Waals surface area contributed by atoms with Crippen LogP contribution in [0.2, 0.25) is 0 Å². The molecule has 152 valence electrons. The lowest BCUT2D eigenvalue weighted by molar-refractivity contribution is 0.0394. The molecular weight excluding hydrogens is 360 g/mol. The monoisotopic (exact) mass is 394 g/mol. The molecule has 7 heteroatoms. The van der Waals surface area contributed by atoms with E-state index in [0.717, 1.165) is 77.2 Å². The first-order valence-corrected chi connectivity index (χ1v) is 11.2. The molecule has 6 nitrogen and oxygen atoms in total. The van der Waals surface area contributed by atoms with Gasteiger partial charge in [-0.1, -0.05) is 13.8 Å². The highest BCUT2D eigenvalue weighted by molar-refractivity contribution is 8.00. The molecule has 1 unspecified atom stereocenters. The van der Waals surface area contributed by atoms with E-state index in [1.165, 1.54) is 5.75 Å². The number of guanidine groups is 1. The van der Waals surface area contributed by atoms with Gasteiger partial charge in [-0.2, -0.15) is 11.8 Å². The van der Waals surface area contributed by atoms with Gasteiger partial charge >= 0.3 is 0 Å². The lowest BCUT2D eigenvalue weighted by Gasteiger charge is -2.36. The molecule has 0 amide bonds. The fourth-order valence-corrected chi connectivity index (χ4v) is 4.71. The van der Waals surface area contributed by atoms with Gasteiger partial charge in [-0.3, -0.25) is 9.89 Å². The van der Waals surface area contributed by atoms with E-state index < -0.39 is 0 Å². The quantitative estimate of drug-likeness (QED) is 0.565. The second kappa shape index (κ2) is 11.0. The SMILES string of the molecule is CC(C)C1CN(C(=NCCN2CCOCC2)NCCc2ccco2)CCS1. The second-order valence-corrected chi connectivity index (χ2v) is 8.86. The van der Waals surface area contributed by atoms with Crippen molar-refractivity contribution in [2.45, 2.75) is 25.5 Å². The van der Waals surface area contributed by atoms with Crippen LogP contribution in [0.1, 0.15) is 19.6 Å². The van der Waals surface area contributed by atoms with Gasteiger partial charge in [-0.15, -0.1) is 0 Å². The van der Waals surface area contributed by atoms with Crippen molar-refractivity contribution >= 4 is 17.7 Å². The maximum absolute atomic E-state index is 5.45. The van der Waals surface area contributed by atoms with Crippen molar-refractivity contribution in [1.82, 2.24) is 15.1 Å². The maximum Gasteiger partial charge on any atom is 0.194 e. The summed E-state index contributed by atoms with van der Waals surface area (Å²) >= 11 is 2.10. The molecule has 3 rings (SSSR count). The maximum atomic E-state index is 5.45. The van der Waals surface area contributed by atoms with E-state index in [4.69, 9.17) is 14.1 Å². The van der Waals surface area contributed by atoms with Gasteiger partial charge in [-0.25, -0.2) is 0 Å². The predicted octanol–water partition coefficient (Wildman–Crippen LogP) is 2.17. The first-order valence-electron chi connectivity index (χ1n) is 10.2. The Hall–Kier alpha value is -1.18. The highest BCUT2D eigenvalue weighted by atomic mass is 32.2. The molecule has 1 N–H and O–H groups in total. The van der Waals surface area contributed by atoms with E-state index in [-0.39, 0.29) is 0 Å². The Bertz CT molecular complexity index is 558. The predicted molar refractivity (Wildman–Crippen MR) is 113 cm³/mol. The summed E-state index contributed by atoms with van der Waals surface area (Å²) in [6.07, 6.45) is 2.62. The highest BCUT2D eigenvalue weighted by Crippen LogP contribution is 2.24. The summed E-state index contributed by atoms with van der Waals surface area (Å²) in [5.74, 6) is 3.94. The number of nitrogens with zero attached hydrogens (tertiary/aromatic N) is 3. The van der Waals surface area contributed by atoms with Crippen molar-refractivity contribution < 1.29 is 9.15 Å². The number of hydrogen-bond donors (Lipinski definition) is 1. The Kier molecular flexibility index (Phi) is 8.35. The Morgan fingerprint density at radius 2 is 2.19 bits per heavy atom. The van der Waals surface area contributed by atoms with Crippen LogP contribution in [0.25, 0.3) is 0 Å². The molecule has 0 radical (unpaired) electrons. The average Bonchev–Trinajstić information content (AvgIpc) is 3.21. The molecular formula is C20H34N4O2S. The summed E-state index contributed by atoms with van der Waals surface area (Å²) in [7, 11) is 0. The van der Waals surface area contributed by atoms with E-state index in [1.807, 2.05) is 12.1 Å². The van der Waals surface area contributed by atoms with E-state index in [2.05, 4.69) is 40.7 Å². The molecule has 0 saturated carbocycles. The van der Waals surface area contributed by atoms with Gasteiger partial charge in [0.25, 0.3) is 0 Å². The molecule has 1 atom stereocenters. The van der Waals surface area contributed by atoms with Crippen molar-refractivity contribution in [2.24, 2.45) is 10.9 Å². The Morgan fingerprint density at radius 1 is 1.33 bits per heavy atom. The van der Waals surface area contributed by atoms with E-state index >= 15 is 0 Å². The third kappa shape index (κ3) is 6.73. The van der Waals surface area contributed by atoms with Gasteiger partial charge in [0.15, 0.2) is 5.96 Å². The molecule has 0 aliphatic carbocycles. The normalized spacial score (nSPS) is 22.4. The van der Waals surface area contributed by atoms with Crippen LogP contribution in [0, 0.1) is 5.92 Å². The molecule has 27 heavy (non-hydrogen) atoms. The lowest BCUT2D eigenvalue weighted by Crippen LogP contribution is -2.49. The van der Waals surface area contributed by atoms with Crippen LogP contribution in [-0.4, -0.2) is 85.8 Å². The van der Waals surface area contributed by atoms with Crippen LogP contribution in [0.5, 0.6) is 0 Å². The molecule has 0 bridgehead atoms. The van der Waals surface area contributed by atoms with E-state index in [9.17, 15) is 0 Å². The van der Waals surface area contributed by atoms with Crippen LogP contribution in [0.4, 0.5) is 0 Å². The number of furan rings is 1. The third-order valence-electron chi connectivity index (χ3n) is 5.15. The largest absolute Gasteiger partial charge is 0.469 e. The minimum absolute atomic E-state index is 0.676. The summed E-state index contributed by atoms with van der Waals surface area (Å²) in [5.41, 5.74) is 0. The van der Waals surface area contributed by atoms with E-state index in [0.29, 0.717) is 11.2 Å². The molecule has 1 aromatic rings. The fourth-order valence-electron chi connectivity index (χ4n) is 3.41. The first kappa shape index (κ1) is 20.6. The minimum Gasteiger partial charge on any atom is -0.469 e. The Morgan fingerprint density at radius 3 is 2.93 bits per heavy atom. The van der Waals surface area contributed by atoms with Crippen LogP contribution < -0.4 is 5.32 Å². The number of rotatable bonds is 7. The van der Waals surface area contributed by atoms with E-state index in [1.54, 1.807) is 6.26 Å². The minimum atomic E-state index is 0.676. The molecule has 2 aliphatic heterocycles. The summed E-state index contributed by atoms with van der Waals surface area (Å²) in [4.78, 5) is 9.85. The zero-order chi connectivity index (χ0) is 18.9. The summed E-state index contributed by atoms with van der Waals surface area (Å²) in [5, 5.41) is 4.26. The fraction of sp³-hybridized carbons (Fsp3) is 0.750. The van der Waals surface area contributed by atoms with Gasteiger partial charge in [0.1, 0.15) is 5.76 Å². The van der Waals surface area contributed by atoms with Gasteiger partial charge in [0, 0.05) is 56.7 Å². The van der Waals surface area contributed by atoms with Gasteiger partial charge in [0.05, 0.1) is 26.0 Å². The van der Waals surface area contributed by atoms with Crippen LogP contribution in [-0.2, 0) is 11.2 Å². The first-order chi connectivity index (χ1) is 13.2. The zero-order valence-corrected chi connectivity index (χ0v) is 17.5. The van der Waals surface area contributed by atoms with Crippen molar-refractivity contribution in [2.75, 3.05) is 64.8 Å². The Labute approximate surface area is 167 Å². The molecule has 2 aliphatic rings. The topological polar surface area (TPSA) is 53.2 Å². The highest BCUT2D eigenvalue weighted by Gasteiger charge is 2.25. The third-order valence-corrected chi connectivity index (χ3v) is 6.69.